The van der Waals surface area contributed by atoms with Gasteiger partial charge in [-0.15, -0.1) is 0 Å². The Balaban J connectivity index is 1.67. The Labute approximate surface area is 144 Å². The second-order valence-electron chi connectivity index (χ2n) is 5.75. The largest absolute Gasteiger partial charge is 0.489 e. The summed E-state index contributed by atoms with van der Waals surface area (Å²) in [6, 6.07) is 23.3. The van der Waals surface area contributed by atoms with Crippen molar-refractivity contribution < 1.29 is 4.74 Å². The molecule has 0 aliphatic rings. The van der Waals surface area contributed by atoms with Crippen molar-refractivity contribution in [2.45, 2.75) is 6.61 Å². The molecule has 25 heavy (non-hydrogen) atoms. The Morgan fingerprint density at radius 2 is 1.80 bits per heavy atom. The van der Waals surface area contributed by atoms with Crippen LogP contribution in [-0.4, -0.2) is 9.97 Å². The van der Waals surface area contributed by atoms with Crippen molar-refractivity contribution in [3.63, 3.8) is 0 Å². The first-order valence-electron chi connectivity index (χ1n) is 8.05. The fraction of sp³-hybridized carbons (Fsp3) is 0.0476. The van der Waals surface area contributed by atoms with Crippen LogP contribution in [0.4, 0.5) is 0 Å². The van der Waals surface area contributed by atoms with Crippen molar-refractivity contribution in [2.24, 2.45) is 0 Å². The van der Waals surface area contributed by atoms with Gasteiger partial charge in [0.2, 0.25) is 5.56 Å². The number of hydrogen-bond donors (Lipinski definition) is 1. The van der Waals surface area contributed by atoms with Gasteiger partial charge in [-0.3, -0.25) is 4.79 Å². The Hall–Kier alpha value is -3.40. The molecule has 4 aromatic rings. The summed E-state index contributed by atoms with van der Waals surface area (Å²) in [7, 11) is 0. The van der Waals surface area contributed by atoms with Gasteiger partial charge in [0.05, 0.1) is 0 Å². The topological polar surface area (TPSA) is 55.0 Å². The summed E-state index contributed by atoms with van der Waals surface area (Å²) in [4.78, 5) is 18.5. The average molecular weight is 328 g/mol. The molecule has 0 bridgehead atoms. The van der Waals surface area contributed by atoms with Gasteiger partial charge in [0, 0.05) is 17.6 Å². The van der Waals surface area contributed by atoms with E-state index in [0.29, 0.717) is 12.3 Å². The zero-order valence-corrected chi connectivity index (χ0v) is 13.5. The zero-order chi connectivity index (χ0) is 17.1. The number of nitrogens with zero attached hydrogens (tertiary/aromatic N) is 1. The minimum Gasteiger partial charge on any atom is -0.489 e. The van der Waals surface area contributed by atoms with Crippen LogP contribution in [0.1, 0.15) is 5.56 Å². The molecule has 122 valence electrons. The number of ether oxygens (including phenoxy) is 1. The Morgan fingerprint density at radius 3 is 2.68 bits per heavy atom. The van der Waals surface area contributed by atoms with Gasteiger partial charge in [-0.2, -0.15) is 0 Å². The smallest absolute Gasteiger partial charge is 0.249 e. The summed E-state index contributed by atoms with van der Waals surface area (Å²) in [6.45, 7) is 0.523. The number of aromatic nitrogens is 2. The normalized spacial score (nSPS) is 10.7. The Kier molecular flexibility index (Phi) is 4.01. The van der Waals surface area contributed by atoms with Gasteiger partial charge in [-0.05, 0) is 41.0 Å². The molecule has 0 atom stereocenters. The van der Waals surface area contributed by atoms with Crippen molar-refractivity contribution in [2.75, 3.05) is 0 Å². The van der Waals surface area contributed by atoms with E-state index in [1.807, 2.05) is 60.7 Å². The van der Waals surface area contributed by atoms with Gasteiger partial charge in [-0.25, -0.2) is 4.98 Å². The van der Waals surface area contributed by atoms with E-state index in [2.05, 4.69) is 9.97 Å². The van der Waals surface area contributed by atoms with E-state index in [4.69, 9.17) is 4.74 Å². The quantitative estimate of drug-likeness (QED) is 0.612. The molecule has 0 saturated carbocycles. The van der Waals surface area contributed by atoms with Crippen LogP contribution in [0.5, 0.6) is 5.75 Å². The number of nitrogens with one attached hydrogen (secondary N) is 1. The summed E-state index contributed by atoms with van der Waals surface area (Å²) in [5, 5.41) is 0.905. The molecule has 4 heteroatoms. The highest BCUT2D eigenvalue weighted by Gasteiger charge is 2.06. The van der Waals surface area contributed by atoms with Crippen molar-refractivity contribution >= 4 is 11.0 Å². The lowest BCUT2D eigenvalue weighted by Crippen LogP contribution is -2.03. The Bertz CT molecular complexity index is 1070. The molecule has 4 nitrogen and oxygen atoms in total. The maximum Gasteiger partial charge on any atom is 0.249 e. The fourth-order valence-electron chi connectivity index (χ4n) is 2.80. The lowest BCUT2D eigenvalue weighted by atomic mass is 10.0. The molecule has 2 heterocycles. The maximum absolute atomic E-state index is 11.5. The third-order valence-electron chi connectivity index (χ3n) is 4.03. The van der Waals surface area contributed by atoms with Crippen molar-refractivity contribution in [1.82, 2.24) is 9.97 Å². The number of rotatable bonds is 4. The van der Waals surface area contributed by atoms with Crippen molar-refractivity contribution in [3.8, 4) is 16.9 Å². The minimum absolute atomic E-state index is 0.155. The third-order valence-corrected chi connectivity index (χ3v) is 4.03. The van der Waals surface area contributed by atoms with Crippen LogP contribution >= 0.6 is 0 Å². The summed E-state index contributed by atoms with van der Waals surface area (Å²) in [5.74, 6) is 0.802. The van der Waals surface area contributed by atoms with E-state index < -0.39 is 0 Å². The monoisotopic (exact) mass is 328 g/mol. The Morgan fingerprint density at radius 1 is 0.920 bits per heavy atom. The molecule has 0 radical (unpaired) electrons. The highest BCUT2D eigenvalue weighted by molar-refractivity contribution is 5.92. The predicted octanol–water partition coefficient (Wildman–Crippen LogP) is 4.17. The van der Waals surface area contributed by atoms with E-state index in [-0.39, 0.29) is 5.56 Å². The van der Waals surface area contributed by atoms with Crippen LogP contribution in [-0.2, 0) is 6.61 Å². The number of pyridine rings is 2. The van der Waals surface area contributed by atoms with Gasteiger partial charge in [-0.1, -0.05) is 42.5 Å². The molecule has 1 N–H and O–H groups in total. The molecule has 0 aliphatic heterocycles. The lowest BCUT2D eigenvalue weighted by molar-refractivity contribution is 0.306. The zero-order valence-electron chi connectivity index (χ0n) is 13.5. The summed E-state index contributed by atoms with van der Waals surface area (Å²) < 4.78 is 5.91. The van der Waals surface area contributed by atoms with Crippen molar-refractivity contribution in [1.29, 1.82) is 0 Å². The van der Waals surface area contributed by atoms with Gasteiger partial charge < -0.3 is 9.72 Å². The van der Waals surface area contributed by atoms with Crippen LogP contribution in [0.3, 0.4) is 0 Å². The predicted molar refractivity (Wildman–Crippen MR) is 98.6 cm³/mol. The fourth-order valence-corrected chi connectivity index (χ4v) is 2.80. The van der Waals surface area contributed by atoms with E-state index >= 15 is 0 Å². The first kappa shape index (κ1) is 15.1. The number of hydrogen-bond acceptors (Lipinski definition) is 3. The highest BCUT2D eigenvalue weighted by atomic mass is 16.5. The van der Waals surface area contributed by atoms with Gasteiger partial charge in [0.25, 0.3) is 0 Å². The molecule has 2 aromatic carbocycles. The van der Waals surface area contributed by atoms with Crippen molar-refractivity contribution in [3.05, 3.63) is 94.9 Å². The number of benzene rings is 2. The number of aromatic amines is 1. The molecular weight excluding hydrogens is 312 g/mol. The molecule has 0 spiro atoms. The molecule has 0 unspecified atom stereocenters. The average Bonchev–Trinajstić information content (AvgIpc) is 2.67. The number of H-pyrrole nitrogens is 1. The maximum atomic E-state index is 11.5. The standard InChI is InChI=1S/C21H16N2O2/c24-20-10-9-19-18(11-12-22-21(19)23-20)16-7-4-8-17(13-16)25-14-15-5-2-1-3-6-15/h1-13H,14H2,(H,22,23,24). The van der Waals surface area contributed by atoms with Gasteiger partial charge in [0.15, 0.2) is 0 Å². The molecule has 2 aromatic heterocycles. The lowest BCUT2D eigenvalue weighted by Gasteiger charge is -2.10. The van der Waals surface area contributed by atoms with Crippen LogP contribution in [0.2, 0.25) is 0 Å². The van der Waals surface area contributed by atoms with Crippen LogP contribution in [0.15, 0.2) is 83.8 Å². The van der Waals surface area contributed by atoms with Crippen LogP contribution < -0.4 is 10.3 Å². The molecule has 0 aliphatic carbocycles. The summed E-state index contributed by atoms with van der Waals surface area (Å²) in [6.07, 6.45) is 1.70. The highest BCUT2D eigenvalue weighted by Crippen LogP contribution is 2.28. The van der Waals surface area contributed by atoms with E-state index in [9.17, 15) is 4.79 Å². The second-order valence-corrected chi connectivity index (χ2v) is 5.75. The first-order chi connectivity index (χ1) is 12.3. The summed E-state index contributed by atoms with van der Waals surface area (Å²) in [5.41, 5.74) is 3.58. The minimum atomic E-state index is -0.155. The van der Waals surface area contributed by atoms with Crippen LogP contribution in [0.25, 0.3) is 22.2 Å². The molecule has 0 fully saturated rings. The van der Waals surface area contributed by atoms with Gasteiger partial charge in [0.1, 0.15) is 18.0 Å². The SMILES string of the molecule is O=c1ccc2c(-c3cccc(OCc4ccccc4)c3)ccnc2[nH]1. The molecular formula is C21H16N2O2. The van der Waals surface area contributed by atoms with E-state index in [0.717, 1.165) is 27.8 Å². The van der Waals surface area contributed by atoms with E-state index in [1.165, 1.54) is 6.07 Å². The van der Waals surface area contributed by atoms with E-state index in [1.54, 1.807) is 12.3 Å². The van der Waals surface area contributed by atoms with Crippen LogP contribution in [0, 0.1) is 0 Å². The molecule has 0 saturated heterocycles. The first-order valence-corrected chi connectivity index (χ1v) is 8.05. The molecule has 4 rings (SSSR count). The second kappa shape index (κ2) is 6.61. The summed E-state index contributed by atoms with van der Waals surface area (Å²) >= 11 is 0. The van der Waals surface area contributed by atoms with Gasteiger partial charge >= 0.3 is 0 Å². The third kappa shape index (κ3) is 3.28. The molecule has 0 amide bonds. The number of fused-ring (bicyclic) bond motifs is 1.